The molecule has 0 N–H and O–H groups in total. The van der Waals surface area contributed by atoms with Crippen molar-refractivity contribution in [3.05, 3.63) is 0 Å². The summed E-state index contributed by atoms with van der Waals surface area (Å²) in [5.41, 5.74) is 0.0335. The molecule has 0 spiro atoms. The summed E-state index contributed by atoms with van der Waals surface area (Å²) in [6, 6.07) is 0. The van der Waals surface area contributed by atoms with Crippen LogP contribution in [0.15, 0.2) is 0 Å². The number of hydrogen-bond donors (Lipinski definition) is 0. The van der Waals surface area contributed by atoms with Crippen LogP contribution in [-0.4, -0.2) is 29.7 Å². The number of nitrogens with zero attached hydrogens (tertiary/aromatic N) is 1. The average molecular weight is 225 g/mol. The number of fused-ring (bicyclic) bond motifs is 1. The molecule has 0 bridgehead atoms. The van der Waals surface area contributed by atoms with Crippen molar-refractivity contribution in [3.8, 4) is 0 Å². The maximum atomic E-state index is 11.9. The van der Waals surface area contributed by atoms with E-state index in [1.54, 1.807) is 0 Å². The molecule has 1 aliphatic heterocycles. The molecule has 1 saturated heterocycles. The molecule has 0 aromatic carbocycles. The minimum Gasteiger partial charge on any atom is -0.444 e. The molecule has 0 aromatic rings. The first-order chi connectivity index (χ1) is 7.24. The van der Waals surface area contributed by atoms with E-state index < -0.39 is 0 Å². The van der Waals surface area contributed by atoms with Crippen LogP contribution in [0, 0.1) is 17.3 Å². The van der Waals surface area contributed by atoms with Crippen molar-refractivity contribution < 1.29 is 9.53 Å². The summed E-state index contributed by atoms with van der Waals surface area (Å²) in [4.78, 5) is 13.8. The van der Waals surface area contributed by atoms with Crippen LogP contribution in [0.1, 0.15) is 41.0 Å². The SMILES string of the molecule is CC(C)C12CC1CN(C(=O)OC(C)(C)C)C2. The minimum atomic E-state index is -0.380. The third-order valence-electron chi connectivity index (χ3n) is 4.01. The number of carbonyl (C=O) groups excluding carboxylic acids is 1. The van der Waals surface area contributed by atoms with Gasteiger partial charge in [-0.1, -0.05) is 13.8 Å². The van der Waals surface area contributed by atoms with Gasteiger partial charge in [0.05, 0.1) is 0 Å². The number of carbonyl (C=O) groups is 1. The van der Waals surface area contributed by atoms with Crippen molar-refractivity contribution in [1.29, 1.82) is 0 Å². The van der Waals surface area contributed by atoms with Gasteiger partial charge in [-0.05, 0) is 44.4 Å². The van der Waals surface area contributed by atoms with Gasteiger partial charge in [-0.3, -0.25) is 0 Å². The normalized spacial score (nSPS) is 32.9. The van der Waals surface area contributed by atoms with Crippen LogP contribution < -0.4 is 0 Å². The van der Waals surface area contributed by atoms with Gasteiger partial charge in [-0.25, -0.2) is 4.79 Å². The Labute approximate surface area is 98.1 Å². The largest absolute Gasteiger partial charge is 0.444 e. The first-order valence-corrected chi connectivity index (χ1v) is 6.22. The first kappa shape index (κ1) is 11.7. The van der Waals surface area contributed by atoms with Gasteiger partial charge in [0.15, 0.2) is 0 Å². The topological polar surface area (TPSA) is 29.5 Å². The van der Waals surface area contributed by atoms with Gasteiger partial charge in [0.2, 0.25) is 0 Å². The summed E-state index contributed by atoms with van der Waals surface area (Å²) in [6.07, 6.45) is 1.16. The molecule has 0 aromatic heterocycles. The van der Waals surface area contributed by atoms with Crippen LogP contribution in [0.3, 0.4) is 0 Å². The number of piperidine rings is 1. The van der Waals surface area contributed by atoms with E-state index in [-0.39, 0.29) is 11.7 Å². The summed E-state index contributed by atoms with van der Waals surface area (Å²) >= 11 is 0. The lowest BCUT2D eigenvalue weighted by Crippen LogP contribution is -2.37. The van der Waals surface area contributed by atoms with Crippen molar-refractivity contribution in [2.75, 3.05) is 13.1 Å². The van der Waals surface area contributed by atoms with Crippen molar-refractivity contribution >= 4 is 6.09 Å². The van der Waals surface area contributed by atoms with Crippen LogP contribution >= 0.6 is 0 Å². The molecule has 92 valence electrons. The number of hydrogen-bond acceptors (Lipinski definition) is 2. The molecule has 2 rings (SSSR count). The van der Waals surface area contributed by atoms with Crippen LogP contribution in [-0.2, 0) is 4.74 Å². The van der Waals surface area contributed by atoms with E-state index in [0.29, 0.717) is 11.3 Å². The fraction of sp³-hybridized carbons (Fsp3) is 0.923. The van der Waals surface area contributed by atoms with Gasteiger partial charge >= 0.3 is 6.09 Å². The lowest BCUT2D eigenvalue weighted by Gasteiger charge is -2.27. The second kappa shape index (κ2) is 3.38. The molecule has 1 amide bonds. The molecule has 3 heteroatoms. The number of ether oxygens (including phenoxy) is 1. The van der Waals surface area contributed by atoms with E-state index in [4.69, 9.17) is 4.74 Å². The predicted octanol–water partition coefficient (Wildman–Crippen LogP) is 2.90. The number of likely N-dealkylation sites (tertiary alicyclic amines) is 1. The van der Waals surface area contributed by atoms with Gasteiger partial charge in [-0.2, -0.15) is 0 Å². The lowest BCUT2D eigenvalue weighted by atomic mass is 9.92. The summed E-state index contributed by atoms with van der Waals surface area (Å²) in [6.45, 7) is 12.1. The summed E-state index contributed by atoms with van der Waals surface area (Å²) in [5, 5.41) is 0. The molecule has 1 aliphatic carbocycles. The first-order valence-electron chi connectivity index (χ1n) is 6.22. The Balaban J connectivity index is 1.93. The second-order valence-electron chi connectivity index (χ2n) is 6.65. The predicted molar refractivity (Wildman–Crippen MR) is 63.2 cm³/mol. The Morgan fingerprint density at radius 2 is 2.06 bits per heavy atom. The van der Waals surface area contributed by atoms with Crippen LogP contribution in [0.2, 0.25) is 0 Å². The molecule has 2 aliphatic rings. The van der Waals surface area contributed by atoms with Crippen LogP contribution in [0.25, 0.3) is 0 Å². The number of amides is 1. The van der Waals surface area contributed by atoms with E-state index >= 15 is 0 Å². The smallest absolute Gasteiger partial charge is 0.410 e. The van der Waals surface area contributed by atoms with Crippen LogP contribution in [0.4, 0.5) is 4.79 Å². The van der Waals surface area contributed by atoms with Crippen molar-refractivity contribution in [3.63, 3.8) is 0 Å². The average Bonchev–Trinajstić information content (AvgIpc) is 2.67. The maximum absolute atomic E-state index is 11.9. The molecule has 3 nitrogen and oxygen atoms in total. The molecule has 1 saturated carbocycles. The summed E-state index contributed by atoms with van der Waals surface area (Å²) < 4.78 is 5.40. The quantitative estimate of drug-likeness (QED) is 0.686. The summed E-state index contributed by atoms with van der Waals surface area (Å²) in [7, 11) is 0. The Bertz CT molecular complexity index is 306. The van der Waals surface area contributed by atoms with Gasteiger partial charge < -0.3 is 9.64 Å². The zero-order valence-electron chi connectivity index (χ0n) is 11.0. The van der Waals surface area contributed by atoms with Gasteiger partial charge in [-0.15, -0.1) is 0 Å². The Kier molecular flexibility index (Phi) is 2.48. The molecule has 0 radical (unpaired) electrons. The fourth-order valence-corrected chi connectivity index (χ4v) is 2.88. The molecule has 16 heavy (non-hydrogen) atoms. The number of rotatable bonds is 1. The molecular formula is C13H23NO2. The Hall–Kier alpha value is -0.730. The van der Waals surface area contributed by atoms with Gasteiger partial charge in [0, 0.05) is 13.1 Å². The second-order valence-corrected chi connectivity index (χ2v) is 6.65. The van der Waals surface area contributed by atoms with Gasteiger partial charge in [0.1, 0.15) is 5.60 Å². The zero-order valence-corrected chi connectivity index (χ0v) is 11.0. The highest BCUT2D eigenvalue weighted by Gasteiger charge is 2.62. The van der Waals surface area contributed by atoms with Crippen LogP contribution in [0.5, 0.6) is 0 Å². The van der Waals surface area contributed by atoms with E-state index in [2.05, 4.69) is 13.8 Å². The van der Waals surface area contributed by atoms with Crippen molar-refractivity contribution in [2.45, 2.75) is 46.6 Å². The van der Waals surface area contributed by atoms with E-state index in [0.717, 1.165) is 19.0 Å². The molecule has 2 atom stereocenters. The molecule has 2 fully saturated rings. The molecular weight excluding hydrogens is 202 g/mol. The van der Waals surface area contributed by atoms with Crippen molar-refractivity contribution in [2.24, 2.45) is 17.3 Å². The van der Waals surface area contributed by atoms with E-state index in [1.807, 2.05) is 25.7 Å². The van der Waals surface area contributed by atoms with Crippen molar-refractivity contribution in [1.82, 2.24) is 4.90 Å². The third-order valence-corrected chi connectivity index (χ3v) is 4.01. The summed E-state index contributed by atoms with van der Waals surface area (Å²) in [5.74, 6) is 1.39. The third kappa shape index (κ3) is 1.92. The van der Waals surface area contributed by atoms with Gasteiger partial charge in [0.25, 0.3) is 0 Å². The Morgan fingerprint density at radius 3 is 2.50 bits per heavy atom. The van der Waals surface area contributed by atoms with E-state index in [9.17, 15) is 4.79 Å². The highest BCUT2D eigenvalue weighted by molar-refractivity contribution is 5.69. The van der Waals surface area contributed by atoms with E-state index in [1.165, 1.54) is 6.42 Å². The fourth-order valence-electron chi connectivity index (χ4n) is 2.88. The zero-order chi connectivity index (χ0) is 12.1. The molecule has 2 unspecified atom stereocenters. The molecule has 1 heterocycles. The standard InChI is InChI=1S/C13H23NO2/c1-9(2)13-6-10(13)7-14(8-13)11(15)16-12(3,4)5/h9-10H,6-8H2,1-5H3. The maximum Gasteiger partial charge on any atom is 0.410 e. The highest BCUT2D eigenvalue weighted by atomic mass is 16.6. The lowest BCUT2D eigenvalue weighted by molar-refractivity contribution is 0.0254. The minimum absolute atomic E-state index is 0.139. The monoisotopic (exact) mass is 225 g/mol. The highest BCUT2D eigenvalue weighted by Crippen LogP contribution is 2.62. The Morgan fingerprint density at radius 1 is 1.44 bits per heavy atom.